The van der Waals surface area contributed by atoms with Crippen molar-refractivity contribution in [1.29, 1.82) is 0 Å². The van der Waals surface area contributed by atoms with Crippen LogP contribution in [0, 0.1) is 0 Å². The molecule has 1 rings (SSSR count). The van der Waals surface area contributed by atoms with Gasteiger partial charge in [0.25, 0.3) is 0 Å². The Bertz CT molecular complexity index is 172. The maximum Gasteiger partial charge on any atom is 0.304 e. The first-order valence-corrected chi connectivity index (χ1v) is 4.25. The summed E-state index contributed by atoms with van der Waals surface area (Å²) >= 11 is 0. The van der Waals surface area contributed by atoms with E-state index in [1.807, 2.05) is 7.05 Å². The zero-order valence-electron chi connectivity index (χ0n) is 7.58. The maximum atomic E-state index is 10.4. The molecule has 0 amide bonds. The van der Waals surface area contributed by atoms with Gasteiger partial charge in [-0.1, -0.05) is 0 Å². The van der Waals surface area contributed by atoms with E-state index in [4.69, 9.17) is 5.11 Å². The maximum absolute atomic E-state index is 10.4. The number of nitrogens with zero attached hydrogens (tertiary/aromatic N) is 1. The summed E-state index contributed by atoms with van der Waals surface area (Å²) < 4.78 is 0. The largest absolute Gasteiger partial charge is 0.481 e. The number of hydrogen-bond donors (Lipinski definition) is 2. The molecule has 1 aliphatic heterocycles. The minimum Gasteiger partial charge on any atom is -0.481 e. The Balaban J connectivity index is 2.35. The van der Waals surface area contributed by atoms with Gasteiger partial charge in [-0.25, -0.2) is 0 Å². The van der Waals surface area contributed by atoms with Crippen LogP contribution in [0.25, 0.3) is 0 Å². The molecule has 0 bridgehead atoms. The first-order valence-electron chi connectivity index (χ1n) is 4.25. The second kappa shape index (κ2) is 3.87. The van der Waals surface area contributed by atoms with E-state index in [1.165, 1.54) is 0 Å². The van der Waals surface area contributed by atoms with Crippen LogP contribution < -0.4 is 5.32 Å². The number of rotatable bonds is 2. The lowest BCUT2D eigenvalue weighted by atomic mass is 10.1. The molecular weight excluding hydrogens is 156 g/mol. The van der Waals surface area contributed by atoms with Gasteiger partial charge in [-0.15, -0.1) is 0 Å². The van der Waals surface area contributed by atoms with E-state index in [0.717, 1.165) is 13.1 Å². The van der Waals surface area contributed by atoms with Gasteiger partial charge in [-0.2, -0.15) is 0 Å². The Labute approximate surface area is 72.6 Å². The quantitative estimate of drug-likeness (QED) is 0.603. The number of carbonyl (C=O) groups is 1. The lowest BCUT2D eigenvalue weighted by Crippen LogP contribution is -2.54. The van der Waals surface area contributed by atoms with Crippen LogP contribution in [0.1, 0.15) is 13.3 Å². The summed E-state index contributed by atoms with van der Waals surface area (Å²) in [6.07, 6.45) is 0.219. The Morgan fingerprint density at radius 2 is 2.42 bits per heavy atom. The highest BCUT2D eigenvalue weighted by Crippen LogP contribution is 2.05. The second-order valence-electron chi connectivity index (χ2n) is 3.49. The fourth-order valence-electron chi connectivity index (χ4n) is 1.43. The SMILES string of the molecule is C[C@@H]1CN[C@H](CC(=O)O)CN1C. The van der Waals surface area contributed by atoms with Crippen molar-refractivity contribution in [2.75, 3.05) is 20.1 Å². The molecule has 0 aromatic rings. The Morgan fingerprint density at radius 3 is 2.92 bits per heavy atom. The Kier molecular flexibility index (Phi) is 3.05. The number of nitrogens with one attached hydrogen (secondary N) is 1. The highest BCUT2D eigenvalue weighted by Gasteiger charge is 2.23. The third kappa shape index (κ3) is 2.46. The van der Waals surface area contributed by atoms with Crippen LogP contribution in [0.5, 0.6) is 0 Å². The molecule has 4 heteroatoms. The van der Waals surface area contributed by atoms with Crippen molar-refractivity contribution in [1.82, 2.24) is 10.2 Å². The topological polar surface area (TPSA) is 52.6 Å². The standard InChI is InChI=1S/C8H16N2O2/c1-6-4-9-7(3-8(11)12)5-10(6)2/h6-7,9H,3-5H2,1-2H3,(H,11,12)/t6-,7-/m1/s1. The zero-order chi connectivity index (χ0) is 9.14. The van der Waals surface area contributed by atoms with Gasteiger partial charge in [0.15, 0.2) is 0 Å². The molecular formula is C8H16N2O2. The van der Waals surface area contributed by atoms with Crippen molar-refractivity contribution >= 4 is 5.97 Å². The molecule has 1 heterocycles. The van der Waals surface area contributed by atoms with Crippen LogP contribution in [0.4, 0.5) is 0 Å². The normalized spacial score (nSPS) is 31.8. The number of hydrogen-bond acceptors (Lipinski definition) is 3. The Morgan fingerprint density at radius 1 is 1.75 bits per heavy atom. The van der Waals surface area contributed by atoms with E-state index in [9.17, 15) is 4.79 Å². The number of piperazine rings is 1. The average molecular weight is 172 g/mol. The molecule has 4 nitrogen and oxygen atoms in total. The van der Waals surface area contributed by atoms with E-state index < -0.39 is 5.97 Å². The monoisotopic (exact) mass is 172 g/mol. The molecule has 1 aliphatic rings. The summed E-state index contributed by atoms with van der Waals surface area (Å²) in [7, 11) is 2.03. The summed E-state index contributed by atoms with van der Waals surface area (Å²) in [6.45, 7) is 3.84. The lowest BCUT2D eigenvalue weighted by Gasteiger charge is -2.35. The first kappa shape index (κ1) is 9.48. The molecule has 1 fully saturated rings. The van der Waals surface area contributed by atoms with Gasteiger partial charge in [0.05, 0.1) is 6.42 Å². The third-order valence-corrected chi connectivity index (χ3v) is 2.38. The van der Waals surface area contributed by atoms with Crippen LogP contribution >= 0.6 is 0 Å². The van der Waals surface area contributed by atoms with Gasteiger partial charge in [-0.3, -0.25) is 4.79 Å². The summed E-state index contributed by atoms with van der Waals surface area (Å²) in [5, 5.41) is 11.8. The third-order valence-electron chi connectivity index (χ3n) is 2.38. The summed E-state index contributed by atoms with van der Waals surface area (Å²) in [5.74, 6) is -0.726. The zero-order valence-corrected chi connectivity index (χ0v) is 7.58. The smallest absolute Gasteiger partial charge is 0.304 e. The van der Waals surface area contributed by atoms with Crippen molar-refractivity contribution in [3.63, 3.8) is 0 Å². The molecule has 0 aromatic heterocycles. The fraction of sp³-hybridized carbons (Fsp3) is 0.875. The summed E-state index contributed by atoms with van der Waals surface area (Å²) in [5.41, 5.74) is 0. The Hall–Kier alpha value is -0.610. The fourth-order valence-corrected chi connectivity index (χ4v) is 1.43. The molecule has 12 heavy (non-hydrogen) atoms. The molecule has 2 atom stereocenters. The predicted octanol–water partition coefficient (Wildman–Crippen LogP) is -0.247. The molecule has 70 valence electrons. The van der Waals surface area contributed by atoms with Crippen LogP contribution in [0.15, 0.2) is 0 Å². The highest BCUT2D eigenvalue weighted by atomic mass is 16.4. The van der Waals surface area contributed by atoms with E-state index >= 15 is 0 Å². The van der Waals surface area contributed by atoms with Crippen molar-refractivity contribution < 1.29 is 9.90 Å². The van der Waals surface area contributed by atoms with Gasteiger partial charge in [0.1, 0.15) is 0 Å². The van der Waals surface area contributed by atoms with Gasteiger partial charge in [-0.05, 0) is 14.0 Å². The molecule has 0 aromatic carbocycles. The first-order chi connectivity index (χ1) is 5.59. The number of likely N-dealkylation sites (N-methyl/N-ethyl adjacent to an activating group) is 1. The van der Waals surface area contributed by atoms with Gasteiger partial charge in [0, 0.05) is 25.2 Å². The van der Waals surface area contributed by atoms with Gasteiger partial charge >= 0.3 is 5.97 Å². The van der Waals surface area contributed by atoms with Crippen molar-refractivity contribution in [3.05, 3.63) is 0 Å². The molecule has 2 N–H and O–H groups in total. The molecule has 0 radical (unpaired) electrons. The van der Waals surface area contributed by atoms with E-state index in [1.54, 1.807) is 0 Å². The second-order valence-corrected chi connectivity index (χ2v) is 3.49. The van der Waals surface area contributed by atoms with Gasteiger partial charge < -0.3 is 15.3 Å². The van der Waals surface area contributed by atoms with E-state index in [-0.39, 0.29) is 12.5 Å². The number of carboxylic acids is 1. The molecule has 1 saturated heterocycles. The number of carboxylic acid groups (broad SMARTS) is 1. The molecule has 0 saturated carbocycles. The minimum absolute atomic E-state index is 0.115. The van der Waals surface area contributed by atoms with Crippen LogP contribution in [0.3, 0.4) is 0 Å². The van der Waals surface area contributed by atoms with Crippen LogP contribution in [0.2, 0.25) is 0 Å². The highest BCUT2D eigenvalue weighted by molar-refractivity contribution is 5.67. The summed E-state index contributed by atoms with van der Waals surface area (Å²) in [6, 6.07) is 0.624. The van der Waals surface area contributed by atoms with Crippen molar-refractivity contribution in [3.8, 4) is 0 Å². The molecule has 0 aliphatic carbocycles. The lowest BCUT2D eigenvalue weighted by molar-refractivity contribution is -0.137. The molecule has 0 spiro atoms. The van der Waals surface area contributed by atoms with Crippen LogP contribution in [-0.4, -0.2) is 48.2 Å². The van der Waals surface area contributed by atoms with Gasteiger partial charge in [0.2, 0.25) is 0 Å². The van der Waals surface area contributed by atoms with Crippen molar-refractivity contribution in [2.24, 2.45) is 0 Å². The van der Waals surface area contributed by atoms with Crippen LogP contribution in [-0.2, 0) is 4.79 Å². The summed E-state index contributed by atoms with van der Waals surface area (Å²) in [4.78, 5) is 12.6. The average Bonchev–Trinajstić information content (AvgIpc) is 1.96. The number of aliphatic carboxylic acids is 1. The molecule has 0 unspecified atom stereocenters. The predicted molar refractivity (Wildman–Crippen MR) is 46.1 cm³/mol. The van der Waals surface area contributed by atoms with E-state index in [0.29, 0.717) is 6.04 Å². The van der Waals surface area contributed by atoms with Crippen molar-refractivity contribution in [2.45, 2.75) is 25.4 Å². The minimum atomic E-state index is -0.726. The van der Waals surface area contributed by atoms with E-state index in [2.05, 4.69) is 17.1 Å².